The van der Waals surface area contributed by atoms with Crippen molar-refractivity contribution in [3.8, 4) is 0 Å². The highest BCUT2D eigenvalue weighted by atomic mass is 32.1. The molecule has 0 spiro atoms. The van der Waals surface area contributed by atoms with E-state index < -0.39 is 0 Å². The molecule has 2 atom stereocenters. The molecule has 0 aromatic rings. The lowest BCUT2D eigenvalue weighted by molar-refractivity contribution is -0.141. The first-order valence-electron chi connectivity index (χ1n) is 6.34. The molecule has 1 amide bonds. The van der Waals surface area contributed by atoms with E-state index in [0.29, 0.717) is 18.1 Å². The molecule has 2 aliphatic rings. The Bertz CT molecular complexity index is 303. The van der Waals surface area contributed by atoms with Crippen LogP contribution in [-0.4, -0.2) is 42.1 Å². The highest BCUT2D eigenvalue weighted by Gasteiger charge is 2.30. The van der Waals surface area contributed by atoms with Gasteiger partial charge < -0.3 is 15.4 Å². The molecular formula is C12H20N2O2S. The van der Waals surface area contributed by atoms with Gasteiger partial charge in [-0.2, -0.15) is 0 Å². The molecule has 0 bridgehead atoms. The van der Waals surface area contributed by atoms with Gasteiger partial charge in [-0.1, -0.05) is 12.2 Å². The lowest BCUT2D eigenvalue weighted by Gasteiger charge is -2.35. The van der Waals surface area contributed by atoms with E-state index in [0.717, 1.165) is 38.8 Å². The summed E-state index contributed by atoms with van der Waals surface area (Å²) in [4.78, 5) is 14.8. The van der Waals surface area contributed by atoms with Crippen molar-refractivity contribution in [3.63, 3.8) is 0 Å². The topological polar surface area (TPSA) is 55.6 Å². The van der Waals surface area contributed by atoms with Crippen LogP contribution < -0.4 is 5.73 Å². The molecular weight excluding hydrogens is 236 g/mol. The van der Waals surface area contributed by atoms with E-state index in [-0.39, 0.29) is 17.7 Å². The summed E-state index contributed by atoms with van der Waals surface area (Å²) in [5.74, 6) is 0.478. The van der Waals surface area contributed by atoms with Gasteiger partial charge in [-0.25, -0.2) is 0 Å². The average molecular weight is 256 g/mol. The van der Waals surface area contributed by atoms with E-state index >= 15 is 0 Å². The Labute approximate surface area is 107 Å². The minimum Gasteiger partial charge on any atom is -0.393 e. The number of thiocarbonyl (C=S) groups is 1. The van der Waals surface area contributed by atoms with Crippen molar-refractivity contribution < 1.29 is 9.53 Å². The molecule has 2 N–H and O–H groups in total. The van der Waals surface area contributed by atoms with E-state index in [9.17, 15) is 4.79 Å². The lowest BCUT2D eigenvalue weighted by atomic mass is 9.95. The first kappa shape index (κ1) is 12.8. The third-order valence-corrected chi connectivity index (χ3v) is 3.98. The molecule has 17 heavy (non-hydrogen) atoms. The summed E-state index contributed by atoms with van der Waals surface area (Å²) in [6.07, 6.45) is 3.96. The molecule has 4 nitrogen and oxygen atoms in total. The Hall–Kier alpha value is -0.680. The van der Waals surface area contributed by atoms with Crippen LogP contribution in [0.2, 0.25) is 0 Å². The van der Waals surface area contributed by atoms with E-state index in [2.05, 4.69) is 0 Å². The maximum atomic E-state index is 12.3. The van der Waals surface area contributed by atoms with E-state index in [1.165, 1.54) is 0 Å². The predicted octanol–water partition coefficient (Wildman–Crippen LogP) is 0.938. The molecule has 2 unspecified atom stereocenters. The zero-order chi connectivity index (χ0) is 12.3. The number of amides is 1. The Balaban J connectivity index is 1.91. The molecule has 5 heteroatoms. The fourth-order valence-corrected chi connectivity index (χ4v) is 2.80. The summed E-state index contributed by atoms with van der Waals surface area (Å²) < 4.78 is 5.37. The number of hydrogen-bond acceptors (Lipinski definition) is 3. The van der Waals surface area contributed by atoms with Gasteiger partial charge in [-0.05, 0) is 25.7 Å². The first-order valence-corrected chi connectivity index (χ1v) is 6.75. The largest absolute Gasteiger partial charge is 0.393 e. The fourth-order valence-electron chi connectivity index (χ4n) is 2.60. The molecule has 0 saturated carbocycles. The third kappa shape index (κ3) is 3.16. The van der Waals surface area contributed by atoms with Crippen LogP contribution in [0.1, 0.15) is 25.7 Å². The number of carbonyl (C=O) groups is 1. The molecule has 0 aliphatic carbocycles. The van der Waals surface area contributed by atoms with Crippen LogP contribution in [0.3, 0.4) is 0 Å². The van der Waals surface area contributed by atoms with Crippen LogP contribution in [0.15, 0.2) is 0 Å². The maximum Gasteiger partial charge on any atom is 0.228 e. The van der Waals surface area contributed by atoms with Crippen molar-refractivity contribution >= 4 is 23.1 Å². The van der Waals surface area contributed by atoms with Crippen molar-refractivity contribution in [1.82, 2.24) is 4.90 Å². The highest BCUT2D eigenvalue weighted by molar-refractivity contribution is 7.80. The second-order valence-corrected chi connectivity index (χ2v) is 5.41. The maximum absolute atomic E-state index is 12.3. The Kier molecular flexibility index (Phi) is 4.34. The smallest absolute Gasteiger partial charge is 0.228 e. The van der Waals surface area contributed by atoms with Crippen molar-refractivity contribution in [3.05, 3.63) is 0 Å². The summed E-state index contributed by atoms with van der Waals surface area (Å²) in [6, 6.07) is 0. The molecule has 0 aromatic carbocycles. The fraction of sp³-hybridized carbons (Fsp3) is 0.833. The number of carbonyl (C=O) groups excluding carboxylic acids is 1. The number of nitrogens with zero attached hydrogens (tertiary/aromatic N) is 1. The zero-order valence-electron chi connectivity index (χ0n) is 10.1. The standard InChI is InChI=1S/C12H20N2O2S/c13-11(17)9-3-1-5-14(7-9)12(15)10-4-2-6-16-8-10/h9-10H,1-8H2,(H2,13,17). The van der Waals surface area contributed by atoms with E-state index in [1.807, 2.05) is 4.90 Å². The number of rotatable bonds is 2. The second kappa shape index (κ2) is 5.78. The Morgan fingerprint density at radius 3 is 2.71 bits per heavy atom. The van der Waals surface area contributed by atoms with Gasteiger partial charge in [0.2, 0.25) is 5.91 Å². The van der Waals surface area contributed by atoms with Gasteiger partial charge in [0.1, 0.15) is 0 Å². The van der Waals surface area contributed by atoms with E-state index in [1.54, 1.807) is 0 Å². The first-order chi connectivity index (χ1) is 8.18. The van der Waals surface area contributed by atoms with Crippen molar-refractivity contribution in [2.75, 3.05) is 26.3 Å². The van der Waals surface area contributed by atoms with Gasteiger partial charge in [0.25, 0.3) is 0 Å². The van der Waals surface area contributed by atoms with Gasteiger partial charge in [0, 0.05) is 25.6 Å². The van der Waals surface area contributed by atoms with Crippen LogP contribution in [0, 0.1) is 11.8 Å². The van der Waals surface area contributed by atoms with E-state index in [4.69, 9.17) is 22.7 Å². The molecule has 2 heterocycles. The summed E-state index contributed by atoms with van der Waals surface area (Å²) in [5.41, 5.74) is 5.68. The van der Waals surface area contributed by atoms with Gasteiger partial charge in [-0.3, -0.25) is 4.79 Å². The normalized spacial score (nSPS) is 30.0. The van der Waals surface area contributed by atoms with Crippen LogP contribution in [0.5, 0.6) is 0 Å². The molecule has 2 aliphatic heterocycles. The Morgan fingerprint density at radius 2 is 2.06 bits per heavy atom. The summed E-state index contributed by atoms with van der Waals surface area (Å²) in [7, 11) is 0. The van der Waals surface area contributed by atoms with Crippen molar-refractivity contribution in [2.45, 2.75) is 25.7 Å². The second-order valence-electron chi connectivity index (χ2n) is 4.94. The molecule has 2 rings (SSSR count). The minimum atomic E-state index is 0.0499. The highest BCUT2D eigenvalue weighted by Crippen LogP contribution is 2.22. The van der Waals surface area contributed by atoms with Gasteiger partial charge in [0.05, 0.1) is 17.5 Å². The molecule has 96 valence electrons. The molecule has 0 aromatic heterocycles. The third-order valence-electron chi connectivity index (χ3n) is 3.64. The minimum absolute atomic E-state index is 0.0499. The van der Waals surface area contributed by atoms with Gasteiger partial charge >= 0.3 is 0 Å². The molecule has 0 radical (unpaired) electrons. The quantitative estimate of drug-likeness (QED) is 0.747. The van der Waals surface area contributed by atoms with Crippen molar-refractivity contribution in [2.24, 2.45) is 17.6 Å². The number of ether oxygens (including phenoxy) is 1. The lowest BCUT2D eigenvalue weighted by Crippen LogP contribution is -2.47. The number of hydrogen-bond donors (Lipinski definition) is 1. The average Bonchev–Trinajstić information content (AvgIpc) is 2.39. The predicted molar refractivity (Wildman–Crippen MR) is 69.6 cm³/mol. The van der Waals surface area contributed by atoms with Crippen molar-refractivity contribution in [1.29, 1.82) is 0 Å². The Morgan fingerprint density at radius 1 is 1.29 bits per heavy atom. The van der Waals surface area contributed by atoms with Crippen LogP contribution in [0.25, 0.3) is 0 Å². The summed E-state index contributed by atoms with van der Waals surface area (Å²) >= 11 is 5.03. The number of likely N-dealkylation sites (tertiary alicyclic amines) is 1. The monoisotopic (exact) mass is 256 g/mol. The van der Waals surface area contributed by atoms with Gasteiger partial charge in [0.15, 0.2) is 0 Å². The van der Waals surface area contributed by atoms with Gasteiger partial charge in [-0.15, -0.1) is 0 Å². The molecule has 2 fully saturated rings. The van der Waals surface area contributed by atoms with Crippen LogP contribution in [-0.2, 0) is 9.53 Å². The number of piperidine rings is 1. The SMILES string of the molecule is NC(=S)C1CCCN(C(=O)C2CCCOC2)C1. The zero-order valence-corrected chi connectivity index (χ0v) is 10.9. The van der Waals surface area contributed by atoms with Crippen LogP contribution >= 0.6 is 12.2 Å². The summed E-state index contributed by atoms with van der Waals surface area (Å²) in [6.45, 7) is 2.91. The molecule has 2 saturated heterocycles. The van der Waals surface area contributed by atoms with Crippen LogP contribution in [0.4, 0.5) is 0 Å². The summed E-state index contributed by atoms with van der Waals surface area (Å²) in [5, 5.41) is 0. The number of nitrogens with two attached hydrogens (primary N) is 1.